The topological polar surface area (TPSA) is 29.1 Å². The van der Waals surface area contributed by atoms with Gasteiger partial charge in [-0.3, -0.25) is 4.79 Å². The molecule has 1 N–H and O–H groups in total. The fourth-order valence-corrected chi connectivity index (χ4v) is 2.88. The number of nitrogens with one attached hydrogen (secondary N) is 1. The summed E-state index contributed by atoms with van der Waals surface area (Å²) < 4.78 is 0. The molecule has 21 heavy (non-hydrogen) atoms. The van der Waals surface area contributed by atoms with Crippen molar-refractivity contribution in [1.82, 2.24) is 5.32 Å². The van der Waals surface area contributed by atoms with E-state index in [1.54, 1.807) is 17.8 Å². The van der Waals surface area contributed by atoms with Crippen molar-refractivity contribution in [3.8, 4) is 0 Å². The lowest BCUT2D eigenvalue weighted by molar-refractivity contribution is -0.116. The molecule has 3 heteroatoms. The van der Waals surface area contributed by atoms with Crippen molar-refractivity contribution in [3.05, 3.63) is 11.5 Å². The molecule has 0 aliphatic heterocycles. The van der Waals surface area contributed by atoms with Gasteiger partial charge in [0, 0.05) is 12.6 Å². The van der Waals surface area contributed by atoms with Crippen LogP contribution in [0.4, 0.5) is 0 Å². The highest BCUT2D eigenvalue weighted by molar-refractivity contribution is 8.02. The summed E-state index contributed by atoms with van der Waals surface area (Å²) in [5.41, 5.74) is 0. The van der Waals surface area contributed by atoms with Crippen LogP contribution in [0.2, 0.25) is 0 Å². The molecule has 0 heterocycles. The molecule has 0 aromatic carbocycles. The normalized spacial score (nSPS) is 11.1. The fourth-order valence-electron chi connectivity index (χ4n) is 2.16. The lowest BCUT2D eigenvalue weighted by Gasteiger charge is -2.01. The fraction of sp³-hybridized carbons (Fsp3) is 0.833. The number of rotatable bonds is 15. The van der Waals surface area contributed by atoms with Gasteiger partial charge in [-0.15, -0.1) is 11.8 Å². The van der Waals surface area contributed by atoms with Crippen molar-refractivity contribution in [1.29, 1.82) is 0 Å². The van der Waals surface area contributed by atoms with E-state index < -0.39 is 0 Å². The van der Waals surface area contributed by atoms with Crippen molar-refractivity contribution in [3.63, 3.8) is 0 Å². The number of carbonyl (C=O) groups is 1. The molecule has 0 aromatic heterocycles. The zero-order chi connectivity index (χ0) is 15.6. The average molecular weight is 314 g/mol. The van der Waals surface area contributed by atoms with Crippen LogP contribution in [0.3, 0.4) is 0 Å². The number of amides is 1. The summed E-state index contributed by atoms with van der Waals surface area (Å²) >= 11 is 1.75. The molecule has 0 atom stereocenters. The third-order valence-corrected chi connectivity index (χ3v) is 4.33. The molecule has 124 valence electrons. The number of carbonyl (C=O) groups excluding carboxylic acids is 1. The van der Waals surface area contributed by atoms with Crippen LogP contribution in [0.15, 0.2) is 11.5 Å². The van der Waals surface area contributed by atoms with Gasteiger partial charge in [0.1, 0.15) is 0 Å². The molecule has 0 saturated heterocycles. The standard InChI is InChI=1S/C18H35NOS/c1-3-5-6-7-8-9-10-11-12-13-16-21-17-14-18(20)19-15-4-2/h14,17H,3-13,15-16H2,1-2H3,(H,19,20). The molecule has 2 nitrogen and oxygen atoms in total. The van der Waals surface area contributed by atoms with Crippen LogP contribution in [-0.4, -0.2) is 18.2 Å². The van der Waals surface area contributed by atoms with Crippen LogP contribution < -0.4 is 5.32 Å². The predicted molar refractivity (Wildman–Crippen MR) is 96.7 cm³/mol. The first-order chi connectivity index (χ1) is 10.3. The van der Waals surface area contributed by atoms with Gasteiger partial charge in [0.05, 0.1) is 0 Å². The van der Waals surface area contributed by atoms with Gasteiger partial charge in [0.2, 0.25) is 5.91 Å². The SMILES string of the molecule is CCCCCCCCCCCCSC=CC(=O)NCCC. The molecule has 0 aliphatic carbocycles. The summed E-state index contributed by atoms with van der Waals surface area (Å²) in [6, 6.07) is 0. The summed E-state index contributed by atoms with van der Waals surface area (Å²) in [5, 5.41) is 4.77. The van der Waals surface area contributed by atoms with Gasteiger partial charge in [-0.05, 0) is 24.0 Å². The van der Waals surface area contributed by atoms with Crippen LogP contribution in [0.1, 0.15) is 84.5 Å². The monoisotopic (exact) mass is 313 g/mol. The Morgan fingerprint density at radius 1 is 0.857 bits per heavy atom. The van der Waals surface area contributed by atoms with Crippen LogP contribution >= 0.6 is 11.8 Å². The molecule has 0 spiro atoms. The van der Waals surface area contributed by atoms with E-state index in [0.717, 1.165) is 18.7 Å². The Balaban J connectivity index is 3.15. The average Bonchev–Trinajstić information content (AvgIpc) is 2.49. The molecule has 0 saturated carbocycles. The summed E-state index contributed by atoms with van der Waals surface area (Å²) in [7, 11) is 0. The first kappa shape index (κ1) is 20.6. The van der Waals surface area contributed by atoms with Crippen molar-refractivity contribution in [2.24, 2.45) is 0 Å². The Labute approximate surface area is 136 Å². The van der Waals surface area contributed by atoms with Gasteiger partial charge in [0.25, 0.3) is 0 Å². The van der Waals surface area contributed by atoms with Crippen molar-refractivity contribution < 1.29 is 4.79 Å². The third-order valence-electron chi connectivity index (χ3n) is 3.48. The Bertz CT molecular complexity index is 254. The largest absolute Gasteiger partial charge is 0.353 e. The second-order valence-corrected chi connectivity index (χ2v) is 6.66. The first-order valence-corrected chi connectivity index (χ1v) is 9.92. The summed E-state index contributed by atoms with van der Waals surface area (Å²) in [6.07, 6.45) is 16.4. The molecular weight excluding hydrogens is 278 g/mol. The maximum Gasteiger partial charge on any atom is 0.244 e. The second-order valence-electron chi connectivity index (χ2n) is 5.65. The zero-order valence-corrected chi connectivity index (χ0v) is 15.0. The number of hydrogen-bond donors (Lipinski definition) is 1. The molecule has 0 aromatic rings. The highest BCUT2D eigenvalue weighted by atomic mass is 32.2. The van der Waals surface area contributed by atoms with E-state index in [1.165, 1.54) is 64.2 Å². The van der Waals surface area contributed by atoms with Gasteiger partial charge in [-0.1, -0.05) is 71.6 Å². The van der Waals surface area contributed by atoms with Crippen LogP contribution in [-0.2, 0) is 4.79 Å². The van der Waals surface area contributed by atoms with Gasteiger partial charge >= 0.3 is 0 Å². The van der Waals surface area contributed by atoms with Gasteiger partial charge in [-0.2, -0.15) is 0 Å². The lowest BCUT2D eigenvalue weighted by Crippen LogP contribution is -2.21. The van der Waals surface area contributed by atoms with Gasteiger partial charge < -0.3 is 5.32 Å². The summed E-state index contributed by atoms with van der Waals surface area (Å²) in [5.74, 6) is 1.17. The maximum absolute atomic E-state index is 11.3. The predicted octanol–water partition coefficient (Wildman–Crippen LogP) is 5.68. The molecule has 1 amide bonds. The van der Waals surface area contributed by atoms with Crippen LogP contribution in [0.25, 0.3) is 0 Å². The minimum Gasteiger partial charge on any atom is -0.353 e. The van der Waals surface area contributed by atoms with Gasteiger partial charge in [0.15, 0.2) is 0 Å². The number of unbranched alkanes of at least 4 members (excludes halogenated alkanes) is 9. The van der Waals surface area contributed by atoms with E-state index in [4.69, 9.17) is 0 Å². The molecule has 0 bridgehead atoms. The van der Waals surface area contributed by atoms with Crippen molar-refractivity contribution >= 4 is 17.7 Å². The molecule has 0 fully saturated rings. The highest BCUT2D eigenvalue weighted by Gasteiger charge is 1.94. The van der Waals surface area contributed by atoms with E-state index >= 15 is 0 Å². The quantitative estimate of drug-likeness (QED) is 0.311. The first-order valence-electron chi connectivity index (χ1n) is 8.87. The molecular formula is C18H35NOS. The zero-order valence-electron chi connectivity index (χ0n) is 14.2. The Morgan fingerprint density at radius 2 is 1.43 bits per heavy atom. The van der Waals surface area contributed by atoms with E-state index in [2.05, 4.69) is 19.2 Å². The Hall–Kier alpha value is -0.440. The van der Waals surface area contributed by atoms with Gasteiger partial charge in [-0.25, -0.2) is 0 Å². The summed E-state index contributed by atoms with van der Waals surface area (Å²) in [4.78, 5) is 11.3. The van der Waals surface area contributed by atoms with Crippen LogP contribution in [0.5, 0.6) is 0 Å². The minimum atomic E-state index is 0.0347. The van der Waals surface area contributed by atoms with E-state index in [-0.39, 0.29) is 5.91 Å². The maximum atomic E-state index is 11.3. The van der Waals surface area contributed by atoms with Crippen molar-refractivity contribution in [2.75, 3.05) is 12.3 Å². The number of thioether (sulfide) groups is 1. The molecule has 0 unspecified atom stereocenters. The minimum absolute atomic E-state index is 0.0347. The Morgan fingerprint density at radius 3 is 2.00 bits per heavy atom. The smallest absolute Gasteiger partial charge is 0.244 e. The number of hydrogen-bond acceptors (Lipinski definition) is 2. The lowest BCUT2D eigenvalue weighted by atomic mass is 10.1. The second kappa shape index (κ2) is 17.6. The van der Waals surface area contributed by atoms with Crippen LogP contribution in [0, 0.1) is 0 Å². The van der Waals surface area contributed by atoms with E-state index in [1.807, 2.05) is 5.41 Å². The van der Waals surface area contributed by atoms with E-state index in [9.17, 15) is 4.79 Å². The Kier molecular flexibility index (Phi) is 17.2. The highest BCUT2D eigenvalue weighted by Crippen LogP contribution is 2.12. The third kappa shape index (κ3) is 17.5. The van der Waals surface area contributed by atoms with E-state index in [0.29, 0.717) is 0 Å². The summed E-state index contributed by atoms with van der Waals surface area (Å²) in [6.45, 7) is 5.10. The molecule has 0 rings (SSSR count). The van der Waals surface area contributed by atoms with Crippen molar-refractivity contribution in [2.45, 2.75) is 84.5 Å². The molecule has 0 aliphatic rings. The molecule has 0 radical (unpaired) electrons.